The van der Waals surface area contributed by atoms with Crippen LogP contribution < -0.4 is 5.32 Å². The highest BCUT2D eigenvalue weighted by molar-refractivity contribution is 6.46. The summed E-state index contributed by atoms with van der Waals surface area (Å²) in [5, 5.41) is 11.0. The molecule has 2 nitrogen and oxygen atoms in total. The Hall–Kier alpha value is -1.19. The highest BCUT2D eigenvalue weighted by atomic mass is 35.5. The summed E-state index contributed by atoms with van der Waals surface area (Å²) in [6.07, 6.45) is 0. The van der Waals surface area contributed by atoms with Gasteiger partial charge in [-0.05, 0) is 37.2 Å². The molecular formula is C12H14ClFN2. The van der Waals surface area contributed by atoms with Crippen molar-refractivity contribution < 1.29 is 4.39 Å². The third-order valence-corrected chi connectivity index (χ3v) is 2.74. The standard InChI is InChI=1S/C12H14ClFN2/c1-8(12(13)11(15)7-16-2)9-3-5-10(14)6-4-9/h3-6,15-16H,7H2,1-2H3/b12-8-,15-11?. The molecule has 0 saturated carbocycles. The molecule has 0 aliphatic heterocycles. The molecular weight excluding hydrogens is 227 g/mol. The largest absolute Gasteiger partial charge is 0.314 e. The molecule has 0 heterocycles. The van der Waals surface area contributed by atoms with Crippen molar-refractivity contribution in [3.8, 4) is 0 Å². The van der Waals surface area contributed by atoms with Crippen molar-refractivity contribution in [2.24, 2.45) is 0 Å². The molecule has 16 heavy (non-hydrogen) atoms. The summed E-state index contributed by atoms with van der Waals surface area (Å²) < 4.78 is 12.7. The molecule has 2 N–H and O–H groups in total. The Balaban J connectivity index is 2.99. The zero-order valence-electron chi connectivity index (χ0n) is 9.27. The maximum Gasteiger partial charge on any atom is 0.123 e. The van der Waals surface area contributed by atoms with Gasteiger partial charge < -0.3 is 10.7 Å². The summed E-state index contributed by atoms with van der Waals surface area (Å²) in [6.45, 7) is 2.23. The van der Waals surface area contributed by atoms with Gasteiger partial charge in [-0.1, -0.05) is 23.7 Å². The second-order valence-corrected chi connectivity index (χ2v) is 3.83. The molecule has 0 atom stereocenters. The zero-order valence-corrected chi connectivity index (χ0v) is 10.0. The maximum atomic E-state index is 12.7. The van der Waals surface area contributed by atoms with Crippen molar-refractivity contribution in [3.05, 3.63) is 40.7 Å². The van der Waals surface area contributed by atoms with E-state index in [2.05, 4.69) is 5.32 Å². The summed E-state index contributed by atoms with van der Waals surface area (Å²) in [5.74, 6) is -0.280. The van der Waals surface area contributed by atoms with Gasteiger partial charge in [0.1, 0.15) is 5.82 Å². The van der Waals surface area contributed by atoms with Gasteiger partial charge in [0.2, 0.25) is 0 Å². The third kappa shape index (κ3) is 3.15. The van der Waals surface area contributed by atoms with Crippen molar-refractivity contribution in [2.75, 3.05) is 13.6 Å². The predicted molar refractivity (Wildman–Crippen MR) is 66.5 cm³/mol. The van der Waals surface area contributed by atoms with E-state index in [-0.39, 0.29) is 5.82 Å². The van der Waals surface area contributed by atoms with Crippen LogP contribution in [0, 0.1) is 11.2 Å². The number of hydrogen-bond acceptors (Lipinski definition) is 2. The monoisotopic (exact) mass is 240 g/mol. The molecule has 0 aliphatic carbocycles. The van der Waals surface area contributed by atoms with Crippen molar-refractivity contribution in [1.29, 1.82) is 5.41 Å². The van der Waals surface area contributed by atoms with Gasteiger partial charge in [-0.25, -0.2) is 4.39 Å². The second kappa shape index (κ2) is 5.77. The van der Waals surface area contributed by atoms with E-state index in [0.717, 1.165) is 11.1 Å². The third-order valence-electron chi connectivity index (χ3n) is 2.22. The first kappa shape index (κ1) is 12.9. The van der Waals surface area contributed by atoms with Gasteiger partial charge in [0.15, 0.2) is 0 Å². The topological polar surface area (TPSA) is 35.9 Å². The first-order valence-corrected chi connectivity index (χ1v) is 5.28. The lowest BCUT2D eigenvalue weighted by Crippen LogP contribution is -2.18. The number of hydrogen-bond donors (Lipinski definition) is 2. The Bertz CT molecular complexity index is 410. The first-order valence-electron chi connectivity index (χ1n) is 4.91. The van der Waals surface area contributed by atoms with Gasteiger partial charge in [0.05, 0.1) is 10.7 Å². The summed E-state index contributed by atoms with van der Waals surface area (Å²) in [4.78, 5) is 0. The fourth-order valence-electron chi connectivity index (χ4n) is 1.31. The Morgan fingerprint density at radius 2 is 1.94 bits per heavy atom. The Kier molecular flexibility index (Phi) is 4.65. The zero-order chi connectivity index (χ0) is 12.1. The summed E-state index contributed by atoms with van der Waals surface area (Å²) in [5.41, 5.74) is 1.93. The molecule has 4 heteroatoms. The Labute approximate surface area is 99.6 Å². The number of benzene rings is 1. The highest BCUT2D eigenvalue weighted by Crippen LogP contribution is 2.21. The van der Waals surface area contributed by atoms with Crippen LogP contribution in [0.3, 0.4) is 0 Å². The summed E-state index contributed by atoms with van der Waals surface area (Å²) in [7, 11) is 1.76. The van der Waals surface area contributed by atoms with Gasteiger partial charge >= 0.3 is 0 Å². The van der Waals surface area contributed by atoms with Crippen LogP contribution in [-0.4, -0.2) is 19.3 Å². The van der Waals surface area contributed by atoms with Crippen LogP contribution in [-0.2, 0) is 0 Å². The van der Waals surface area contributed by atoms with Crippen LogP contribution in [0.15, 0.2) is 29.3 Å². The average molecular weight is 241 g/mol. The molecule has 0 radical (unpaired) electrons. The first-order chi connectivity index (χ1) is 7.56. The molecule has 0 aromatic heterocycles. The van der Waals surface area contributed by atoms with Crippen LogP contribution in [0.5, 0.6) is 0 Å². The fraction of sp³-hybridized carbons (Fsp3) is 0.250. The van der Waals surface area contributed by atoms with Gasteiger partial charge in [-0.3, -0.25) is 0 Å². The van der Waals surface area contributed by atoms with Crippen molar-refractivity contribution >= 4 is 22.9 Å². The molecule has 0 saturated heterocycles. The van der Waals surface area contributed by atoms with E-state index in [9.17, 15) is 4.39 Å². The van der Waals surface area contributed by atoms with Gasteiger partial charge in [0, 0.05) is 6.54 Å². The maximum absolute atomic E-state index is 12.7. The van der Waals surface area contributed by atoms with Crippen LogP contribution in [0.4, 0.5) is 4.39 Å². The lowest BCUT2D eigenvalue weighted by Gasteiger charge is -2.07. The molecule has 0 aliphatic rings. The minimum absolute atomic E-state index is 0.280. The lowest BCUT2D eigenvalue weighted by molar-refractivity contribution is 0.627. The quantitative estimate of drug-likeness (QED) is 0.780. The Morgan fingerprint density at radius 1 is 1.38 bits per heavy atom. The molecule has 86 valence electrons. The van der Waals surface area contributed by atoms with Gasteiger partial charge in [-0.2, -0.15) is 0 Å². The van der Waals surface area contributed by atoms with E-state index in [1.807, 2.05) is 6.92 Å². The number of nitrogens with one attached hydrogen (secondary N) is 2. The summed E-state index contributed by atoms with van der Waals surface area (Å²) in [6, 6.07) is 6.06. The van der Waals surface area contributed by atoms with Crippen LogP contribution in [0.1, 0.15) is 12.5 Å². The molecule has 1 aromatic rings. The Morgan fingerprint density at radius 3 is 2.44 bits per heavy atom. The smallest absolute Gasteiger partial charge is 0.123 e. The van der Waals surface area contributed by atoms with E-state index < -0.39 is 0 Å². The normalized spacial score (nSPS) is 12.2. The van der Waals surface area contributed by atoms with Crippen LogP contribution in [0.2, 0.25) is 0 Å². The molecule has 0 bridgehead atoms. The SMILES string of the molecule is CNCC(=N)/C(Cl)=C(\C)c1ccc(F)cc1. The number of allylic oxidation sites excluding steroid dienone is 1. The molecule has 0 unspecified atom stereocenters. The lowest BCUT2D eigenvalue weighted by atomic mass is 10.1. The van der Waals surface area contributed by atoms with Crippen LogP contribution in [0.25, 0.3) is 5.57 Å². The second-order valence-electron chi connectivity index (χ2n) is 3.45. The predicted octanol–water partition coefficient (Wildman–Crippen LogP) is 3.03. The minimum atomic E-state index is -0.280. The van der Waals surface area contributed by atoms with E-state index >= 15 is 0 Å². The molecule has 1 rings (SSSR count). The summed E-state index contributed by atoms with van der Waals surface area (Å²) >= 11 is 6.06. The number of halogens is 2. The number of rotatable bonds is 4. The van der Waals surface area contributed by atoms with Gasteiger partial charge in [-0.15, -0.1) is 0 Å². The van der Waals surface area contributed by atoms with E-state index in [4.69, 9.17) is 17.0 Å². The van der Waals surface area contributed by atoms with E-state index in [1.54, 1.807) is 19.2 Å². The molecule has 1 aromatic carbocycles. The van der Waals surface area contributed by atoms with Crippen molar-refractivity contribution in [3.63, 3.8) is 0 Å². The minimum Gasteiger partial charge on any atom is -0.314 e. The van der Waals surface area contributed by atoms with Gasteiger partial charge in [0.25, 0.3) is 0 Å². The van der Waals surface area contributed by atoms with Crippen molar-refractivity contribution in [1.82, 2.24) is 5.32 Å². The van der Waals surface area contributed by atoms with Crippen molar-refractivity contribution in [2.45, 2.75) is 6.92 Å². The van der Waals surface area contributed by atoms with E-state index in [1.165, 1.54) is 12.1 Å². The van der Waals surface area contributed by atoms with E-state index in [0.29, 0.717) is 17.3 Å². The molecule has 0 fully saturated rings. The average Bonchev–Trinajstić information content (AvgIpc) is 2.28. The van der Waals surface area contributed by atoms with Crippen LogP contribution >= 0.6 is 11.6 Å². The molecule has 0 spiro atoms. The highest BCUT2D eigenvalue weighted by Gasteiger charge is 2.07. The molecule has 0 amide bonds. The fourth-order valence-corrected chi connectivity index (χ4v) is 1.48.